The lowest BCUT2D eigenvalue weighted by molar-refractivity contribution is 0.0821. The summed E-state index contributed by atoms with van der Waals surface area (Å²) < 4.78 is 6.94. The van der Waals surface area contributed by atoms with Gasteiger partial charge in [0.1, 0.15) is 0 Å². The summed E-state index contributed by atoms with van der Waals surface area (Å²) in [6, 6.07) is 11.8. The predicted molar refractivity (Wildman–Crippen MR) is 81.8 cm³/mol. The first kappa shape index (κ1) is 13.1. The molecule has 1 fully saturated rings. The van der Waals surface area contributed by atoms with Crippen LogP contribution in [0.1, 0.15) is 37.1 Å². The maximum Gasteiger partial charge on any atom is 0.0724 e. The van der Waals surface area contributed by atoms with Gasteiger partial charge in [-0.05, 0) is 43.7 Å². The minimum Gasteiger partial charge on any atom is -0.380 e. The first-order valence-corrected chi connectivity index (χ1v) is 7.87. The zero-order chi connectivity index (χ0) is 13.2. The quantitative estimate of drug-likeness (QED) is 0.906. The van der Waals surface area contributed by atoms with Crippen LogP contribution in [0.2, 0.25) is 0 Å². The molecule has 1 saturated carbocycles. The van der Waals surface area contributed by atoms with E-state index in [0.717, 1.165) is 0 Å². The van der Waals surface area contributed by atoms with Crippen molar-refractivity contribution in [3.8, 4) is 0 Å². The standard InChI is InChI=1S/C16H21NOS/c1-11(17-13-7-5-8-14(13)18-2)16-10-12-6-3-4-9-15(12)19-16/h3-4,6,9-11,13-14,17H,5,7-8H2,1-2H3. The molecule has 1 aromatic carbocycles. The zero-order valence-electron chi connectivity index (χ0n) is 11.6. The van der Waals surface area contributed by atoms with Crippen LogP contribution in [0.4, 0.5) is 0 Å². The molecule has 3 unspecified atom stereocenters. The summed E-state index contributed by atoms with van der Waals surface area (Å²) in [5.41, 5.74) is 0. The number of hydrogen-bond acceptors (Lipinski definition) is 3. The lowest BCUT2D eigenvalue weighted by Gasteiger charge is -2.23. The first-order chi connectivity index (χ1) is 9.28. The van der Waals surface area contributed by atoms with Crippen molar-refractivity contribution in [3.05, 3.63) is 35.2 Å². The molecule has 0 spiro atoms. The van der Waals surface area contributed by atoms with Gasteiger partial charge in [-0.15, -0.1) is 11.3 Å². The largest absolute Gasteiger partial charge is 0.380 e. The van der Waals surface area contributed by atoms with Crippen molar-refractivity contribution in [1.82, 2.24) is 5.32 Å². The Morgan fingerprint density at radius 3 is 2.95 bits per heavy atom. The topological polar surface area (TPSA) is 21.3 Å². The monoisotopic (exact) mass is 275 g/mol. The van der Waals surface area contributed by atoms with Gasteiger partial charge in [0.05, 0.1) is 6.10 Å². The molecule has 0 radical (unpaired) electrons. The molecule has 19 heavy (non-hydrogen) atoms. The predicted octanol–water partition coefficient (Wildman–Crippen LogP) is 4.12. The molecule has 1 N–H and O–H groups in total. The first-order valence-electron chi connectivity index (χ1n) is 7.05. The van der Waals surface area contributed by atoms with Gasteiger partial charge in [0.15, 0.2) is 0 Å². The van der Waals surface area contributed by atoms with Crippen LogP contribution < -0.4 is 5.32 Å². The van der Waals surface area contributed by atoms with Gasteiger partial charge in [-0.1, -0.05) is 18.2 Å². The SMILES string of the molecule is COC1CCCC1NC(C)c1cc2ccccc2s1. The highest BCUT2D eigenvalue weighted by atomic mass is 32.1. The average Bonchev–Trinajstić information content (AvgIpc) is 3.03. The molecule has 1 aliphatic rings. The van der Waals surface area contributed by atoms with Gasteiger partial charge in [0.2, 0.25) is 0 Å². The van der Waals surface area contributed by atoms with E-state index in [4.69, 9.17) is 4.74 Å². The van der Waals surface area contributed by atoms with E-state index >= 15 is 0 Å². The van der Waals surface area contributed by atoms with Gasteiger partial charge in [-0.25, -0.2) is 0 Å². The highest BCUT2D eigenvalue weighted by Crippen LogP contribution is 2.31. The Morgan fingerprint density at radius 1 is 1.32 bits per heavy atom. The van der Waals surface area contributed by atoms with Gasteiger partial charge >= 0.3 is 0 Å². The molecule has 1 aliphatic carbocycles. The molecule has 0 amide bonds. The van der Waals surface area contributed by atoms with Crippen molar-refractivity contribution in [2.45, 2.75) is 44.4 Å². The number of rotatable bonds is 4. The van der Waals surface area contributed by atoms with Crippen LogP contribution in [0.15, 0.2) is 30.3 Å². The van der Waals surface area contributed by atoms with E-state index in [9.17, 15) is 0 Å². The van der Waals surface area contributed by atoms with Crippen LogP contribution in [-0.4, -0.2) is 19.3 Å². The maximum atomic E-state index is 5.56. The minimum atomic E-state index is 0.386. The molecule has 1 heterocycles. The molecule has 102 valence electrons. The minimum absolute atomic E-state index is 0.386. The average molecular weight is 275 g/mol. The van der Waals surface area contributed by atoms with Crippen LogP contribution in [0.25, 0.3) is 10.1 Å². The van der Waals surface area contributed by atoms with Crippen molar-refractivity contribution >= 4 is 21.4 Å². The molecule has 2 nitrogen and oxygen atoms in total. The molecular formula is C16H21NOS. The van der Waals surface area contributed by atoms with E-state index in [1.807, 2.05) is 18.4 Å². The second-order valence-electron chi connectivity index (χ2n) is 5.39. The van der Waals surface area contributed by atoms with Gasteiger partial charge < -0.3 is 10.1 Å². The van der Waals surface area contributed by atoms with E-state index in [2.05, 4.69) is 42.6 Å². The van der Waals surface area contributed by atoms with Crippen molar-refractivity contribution in [1.29, 1.82) is 0 Å². The lowest BCUT2D eigenvalue weighted by Crippen LogP contribution is -2.38. The lowest BCUT2D eigenvalue weighted by atomic mass is 10.1. The normalized spacial score (nSPS) is 24.9. The van der Waals surface area contributed by atoms with E-state index in [1.165, 1.54) is 34.2 Å². The summed E-state index contributed by atoms with van der Waals surface area (Å²) in [6.07, 6.45) is 4.08. The van der Waals surface area contributed by atoms with E-state index in [1.54, 1.807) is 0 Å². The molecule has 1 aromatic heterocycles. The Hall–Kier alpha value is -0.900. The van der Waals surface area contributed by atoms with E-state index in [0.29, 0.717) is 18.2 Å². The fourth-order valence-electron chi connectivity index (χ4n) is 3.02. The maximum absolute atomic E-state index is 5.56. The summed E-state index contributed by atoms with van der Waals surface area (Å²) >= 11 is 1.89. The number of nitrogens with one attached hydrogen (secondary N) is 1. The third-order valence-electron chi connectivity index (χ3n) is 4.09. The van der Waals surface area contributed by atoms with Crippen LogP contribution >= 0.6 is 11.3 Å². The van der Waals surface area contributed by atoms with Gasteiger partial charge in [0.25, 0.3) is 0 Å². The molecular weight excluding hydrogens is 254 g/mol. The summed E-state index contributed by atoms with van der Waals surface area (Å²) in [7, 11) is 1.83. The Bertz CT molecular complexity index is 517. The van der Waals surface area contributed by atoms with Crippen molar-refractivity contribution in [3.63, 3.8) is 0 Å². The highest BCUT2D eigenvalue weighted by molar-refractivity contribution is 7.19. The van der Waals surface area contributed by atoms with Crippen molar-refractivity contribution < 1.29 is 4.74 Å². The third kappa shape index (κ3) is 2.69. The summed E-state index contributed by atoms with van der Waals surface area (Å²) in [5, 5.41) is 5.10. The van der Waals surface area contributed by atoms with E-state index < -0.39 is 0 Å². The molecule has 0 saturated heterocycles. The third-order valence-corrected chi connectivity index (χ3v) is 5.39. The van der Waals surface area contributed by atoms with Crippen LogP contribution in [0.5, 0.6) is 0 Å². The Balaban J connectivity index is 1.74. The summed E-state index contributed by atoms with van der Waals surface area (Å²) in [5.74, 6) is 0. The molecule has 3 rings (SSSR count). The van der Waals surface area contributed by atoms with Crippen LogP contribution in [0.3, 0.4) is 0 Å². The Kier molecular flexibility index (Phi) is 3.87. The Labute approximate surface area is 118 Å². The number of hydrogen-bond donors (Lipinski definition) is 1. The Morgan fingerprint density at radius 2 is 2.16 bits per heavy atom. The highest BCUT2D eigenvalue weighted by Gasteiger charge is 2.28. The number of benzene rings is 1. The van der Waals surface area contributed by atoms with Gasteiger partial charge in [-0.2, -0.15) is 0 Å². The number of ether oxygens (including phenoxy) is 1. The number of methoxy groups -OCH3 is 1. The molecule has 3 atom stereocenters. The second-order valence-corrected chi connectivity index (χ2v) is 6.50. The van der Waals surface area contributed by atoms with E-state index in [-0.39, 0.29) is 0 Å². The number of thiophene rings is 1. The molecule has 0 aliphatic heterocycles. The van der Waals surface area contributed by atoms with Gasteiger partial charge in [-0.3, -0.25) is 0 Å². The number of fused-ring (bicyclic) bond motifs is 1. The van der Waals surface area contributed by atoms with Crippen LogP contribution in [-0.2, 0) is 4.74 Å². The molecule has 3 heteroatoms. The van der Waals surface area contributed by atoms with Crippen LogP contribution in [0, 0.1) is 0 Å². The fraction of sp³-hybridized carbons (Fsp3) is 0.500. The van der Waals surface area contributed by atoms with Gasteiger partial charge in [0, 0.05) is 28.8 Å². The smallest absolute Gasteiger partial charge is 0.0724 e. The van der Waals surface area contributed by atoms with Crippen molar-refractivity contribution in [2.75, 3.05) is 7.11 Å². The molecule has 2 aromatic rings. The second kappa shape index (κ2) is 5.61. The molecule has 0 bridgehead atoms. The van der Waals surface area contributed by atoms with Crippen molar-refractivity contribution in [2.24, 2.45) is 0 Å². The zero-order valence-corrected chi connectivity index (χ0v) is 12.4. The fourth-order valence-corrected chi connectivity index (χ4v) is 4.09. The summed E-state index contributed by atoms with van der Waals surface area (Å²) in [6.45, 7) is 2.26. The summed E-state index contributed by atoms with van der Waals surface area (Å²) in [4.78, 5) is 1.42.